The maximum atomic E-state index is 12.7. The van der Waals surface area contributed by atoms with E-state index in [0.29, 0.717) is 21.9 Å². The first-order chi connectivity index (χ1) is 12.6. The van der Waals surface area contributed by atoms with Crippen molar-refractivity contribution in [3.8, 4) is 6.07 Å². The number of nitriles is 1. The highest BCUT2D eigenvalue weighted by atomic mass is 32.1. The molecule has 0 saturated heterocycles. The van der Waals surface area contributed by atoms with Crippen LogP contribution in [-0.4, -0.2) is 17.7 Å². The number of thiocarbonyl (C=S) groups is 1. The van der Waals surface area contributed by atoms with Crippen molar-refractivity contribution in [3.63, 3.8) is 0 Å². The Morgan fingerprint density at radius 3 is 2.50 bits per heavy atom. The van der Waals surface area contributed by atoms with Crippen LogP contribution < -0.4 is 10.6 Å². The normalized spacial score (nSPS) is 16.3. The Balaban J connectivity index is 2.15. The molecule has 5 nitrogen and oxygen atoms in total. The van der Waals surface area contributed by atoms with Gasteiger partial charge in [-0.1, -0.05) is 42.5 Å². The summed E-state index contributed by atoms with van der Waals surface area (Å²) in [4.78, 5) is 12.7. The molecule has 6 heteroatoms. The summed E-state index contributed by atoms with van der Waals surface area (Å²) < 4.78 is 5.29. The van der Waals surface area contributed by atoms with E-state index in [1.165, 1.54) is 0 Å². The number of nitrogens with zero attached hydrogens (tertiary/aromatic N) is 1. The summed E-state index contributed by atoms with van der Waals surface area (Å²) in [6.07, 6.45) is 0. The monoisotopic (exact) mass is 363 g/mol. The van der Waals surface area contributed by atoms with E-state index < -0.39 is 12.0 Å². The zero-order chi connectivity index (χ0) is 18.5. The van der Waals surface area contributed by atoms with Crippen molar-refractivity contribution in [2.45, 2.75) is 13.0 Å². The Morgan fingerprint density at radius 1 is 1.19 bits per heavy atom. The lowest BCUT2D eigenvalue weighted by molar-refractivity contribution is -0.138. The molecule has 0 radical (unpaired) electrons. The first-order valence-electron chi connectivity index (χ1n) is 8.18. The third-order valence-corrected chi connectivity index (χ3v) is 4.22. The molecule has 2 N–H and O–H groups in total. The van der Waals surface area contributed by atoms with Crippen LogP contribution in [0.1, 0.15) is 29.7 Å². The van der Waals surface area contributed by atoms with Gasteiger partial charge in [-0.25, -0.2) is 4.79 Å². The van der Waals surface area contributed by atoms with Gasteiger partial charge in [-0.3, -0.25) is 0 Å². The standard InChI is InChI=1S/C20H17N3O2S/c1-2-25-19(24)16-17(14-6-4-3-5-7-14)22-20(26)23-18(16)15-10-8-13(12-21)9-11-15/h3-11,18H,2H2,1H3,(H2,22,23,26)/t18-/m1/s1. The Hall–Kier alpha value is -3.17. The number of carbonyl (C=O) groups is 1. The van der Waals surface area contributed by atoms with Crippen LogP contribution in [0.15, 0.2) is 60.2 Å². The lowest BCUT2D eigenvalue weighted by Crippen LogP contribution is -2.45. The fourth-order valence-corrected chi connectivity index (χ4v) is 3.05. The molecule has 1 heterocycles. The second kappa shape index (κ2) is 7.81. The van der Waals surface area contributed by atoms with E-state index in [-0.39, 0.29) is 6.61 Å². The number of hydrogen-bond donors (Lipinski definition) is 2. The quantitative estimate of drug-likeness (QED) is 0.642. The van der Waals surface area contributed by atoms with E-state index in [1.807, 2.05) is 42.5 Å². The molecule has 130 valence electrons. The Labute approximate surface area is 157 Å². The van der Waals surface area contributed by atoms with Crippen LogP contribution in [0.3, 0.4) is 0 Å². The number of rotatable bonds is 4. The Bertz CT molecular complexity index is 899. The minimum atomic E-state index is -0.467. The molecule has 0 saturated carbocycles. The van der Waals surface area contributed by atoms with E-state index >= 15 is 0 Å². The van der Waals surface area contributed by atoms with Crippen molar-refractivity contribution in [2.75, 3.05) is 6.61 Å². The fraction of sp³-hybridized carbons (Fsp3) is 0.150. The summed E-state index contributed by atoms with van der Waals surface area (Å²) in [6, 6.07) is 18.2. The molecular weight excluding hydrogens is 346 g/mol. The molecule has 2 aromatic rings. The van der Waals surface area contributed by atoms with E-state index in [9.17, 15) is 4.79 Å². The number of benzene rings is 2. The second-order valence-corrected chi connectivity index (χ2v) is 6.05. The predicted molar refractivity (Wildman–Crippen MR) is 103 cm³/mol. The minimum Gasteiger partial charge on any atom is -0.463 e. The predicted octanol–water partition coefficient (Wildman–Crippen LogP) is 3.05. The average Bonchev–Trinajstić information content (AvgIpc) is 2.68. The lowest BCUT2D eigenvalue weighted by Gasteiger charge is -2.31. The summed E-state index contributed by atoms with van der Waals surface area (Å²) in [5.41, 5.74) is 3.30. The number of hydrogen-bond acceptors (Lipinski definition) is 4. The molecule has 0 spiro atoms. The first kappa shape index (κ1) is 17.6. The molecule has 0 fully saturated rings. The molecule has 0 aliphatic carbocycles. The smallest absolute Gasteiger partial charge is 0.338 e. The fourth-order valence-electron chi connectivity index (χ4n) is 2.83. The molecule has 1 aliphatic heterocycles. The highest BCUT2D eigenvalue weighted by Crippen LogP contribution is 2.32. The van der Waals surface area contributed by atoms with Gasteiger partial charge in [-0.15, -0.1) is 0 Å². The van der Waals surface area contributed by atoms with Gasteiger partial charge in [0.15, 0.2) is 5.11 Å². The number of esters is 1. The van der Waals surface area contributed by atoms with Gasteiger partial charge in [-0.2, -0.15) is 5.26 Å². The van der Waals surface area contributed by atoms with Crippen molar-refractivity contribution < 1.29 is 9.53 Å². The van der Waals surface area contributed by atoms with Crippen LogP contribution in [0.25, 0.3) is 5.70 Å². The van der Waals surface area contributed by atoms with Gasteiger partial charge in [0.1, 0.15) is 0 Å². The SMILES string of the molecule is CCOC(=O)C1=C(c2ccccc2)NC(=S)N[C@@H]1c1ccc(C#N)cc1. The van der Waals surface area contributed by atoms with Crippen LogP contribution in [0.2, 0.25) is 0 Å². The van der Waals surface area contributed by atoms with Gasteiger partial charge in [0, 0.05) is 0 Å². The second-order valence-electron chi connectivity index (χ2n) is 5.64. The highest BCUT2D eigenvalue weighted by molar-refractivity contribution is 7.80. The molecule has 0 amide bonds. The molecule has 1 aliphatic rings. The van der Waals surface area contributed by atoms with E-state index in [4.69, 9.17) is 22.2 Å². The van der Waals surface area contributed by atoms with Crippen molar-refractivity contribution in [2.24, 2.45) is 0 Å². The van der Waals surface area contributed by atoms with Crippen LogP contribution in [0.4, 0.5) is 0 Å². The summed E-state index contributed by atoms with van der Waals surface area (Å²) in [7, 11) is 0. The topological polar surface area (TPSA) is 74.2 Å². The molecule has 26 heavy (non-hydrogen) atoms. The molecule has 2 aromatic carbocycles. The maximum absolute atomic E-state index is 12.7. The molecule has 0 aromatic heterocycles. The van der Waals surface area contributed by atoms with Crippen molar-refractivity contribution in [1.82, 2.24) is 10.6 Å². The Morgan fingerprint density at radius 2 is 1.88 bits per heavy atom. The number of carbonyl (C=O) groups excluding carboxylic acids is 1. The number of nitrogens with one attached hydrogen (secondary N) is 2. The Kier molecular flexibility index (Phi) is 5.30. The summed E-state index contributed by atoms with van der Waals surface area (Å²) >= 11 is 5.35. The molecule has 1 atom stereocenters. The van der Waals surface area contributed by atoms with Crippen LogP contribution in [0, 0.1) is 11.3 Å². The number of ether oxygens (including phenoxy) is 1. The van der Waals surface area contributed by atoms with Gasteiger partial charge in [0.2, 0.25) is 0 Å². The molecule has 3 rings (SSSR count). The zero-order valence-electron chi connectivity index (χ0n) is 14.2. The van der Waals surface area contributed by atoms with E-state index in [1.54, 1.807) is 19.1 Å². The van der Waals surface area contributed by atoms with Gasteiger partial charge in [0.25, 0.3) is 0 Å². The van der Waals surface area contributed by atoms with E-state index in [0.717, 1.165) is 11.1 Å². The molecular formula is C20H17N3O2S. The van der Waals surface area contributed by atoms with Crippen molar-refractivity contribution >= 4 is 29.0 Å². The largest absolute Gasteiger partial charge is 0.463 e. The molecule has 0 unspecified atom stereocenters. The summed E-state index contributed by atoms with van der Waals surface area (Å²) in [5.74, 6) is -0.414. The van der Waals surface area contributed by atoms with Crippen LogP contribution in [0.5, 0.6) is 0 Å². The zero-order valence-corrected chi connectivity index (χ0v) is 15.0. The van der Waals surface area contributed by atoms with Crippen LogP contribution >= 0.6 is 12.2 Å². The summed E-state index contributed by atoms with van der Waals surface area (Å²) in [6.45, 7) is 2.04. The minimum absolute atomic E-state index is 0.273. The molecule has 0 bridgehead atoms. The van der Waals surface area contributed by atoms with Crippen LogP contribution in [-0.2, 0) is 9.53 Å². The third-order valence-electron chi connectivity index (χ3n) is 4.00. The van der Waals surface area contributed by atoms with Crippen molar-refractivity contribution in [1.29, 1.82) is 5.26 Å². The first-order valence-corrected chi connectivity index (χ1v) is 8.59. The lowest BCUT2D eigenvalue weighted by atomic mass is 9.92. The maximum Gasteiger partial charge on any atom is 0.338 e. The summed E-state index contributed by atoms with van der Waals surface area (Å²) in [5, 5.41) is 15.7. The van der Waals surface area contributed by atoms with Crippen molar-refractivity contribution in [3.05, 3.63) is 76.9 Å². The average molecular weight is 363 g/mol. The van der Waals surface area contributed by atoms with Gasteiger partial charge < -0.3 is 15.4 Å². The van der Waals surface area contributed by atoms with Gasteiger partial charge >= 0.3 is 5.97 Å². The third kappa shape index (κ3) is 3.58. The van der Waals surface area contributed by atoms with Gasteiger partial charge in [0.05, 0.1) is 35.6 Å². The highest BCUT2D eigenvalue weighted by Gasteiger charge is 2.33. The van der Waals surface area contributed by atoms with E-state index in [2.05, 4.69) is 16.7 Å². The van der Waals surface area contributed by atoms with Gasteiger partial charge in [-0.05, 0) is 42.4 Å².